The number of benzene rings is 2. The molecule has 2 aromatic heterocycles. The van der Waals surface area contributed by atoms with Gasteiger partial charge in [0.05, 0.1) is 11.7 Å². The summed E-state index contributed by atoms with van der Waals surface area (Å²) in [6.07, 6.45) is 3.59. The monoisotopic (exact) mass is 689 g/mol. The van der Waals surface area contributed by atoms with Gasteiger partial charge in [-0.15, -0.1) is 0 Å². The van der Waals surface area contributed by atoms with E-state index in [0.29, 0.717) is 54.5 Å². The molecule has 0 atom stereocenters. The molecular formula is C37H42F3N7O3. The molecule has 2 saturated heterocycles. The summed E-state index contributed by atoms with van der Waals surface area (Å²) in [4.78, 5) is 28.3. The van der Waals surface area contributed by atoms with Crippen molar-refractivity contribution < 1.29 is 27.4 Å². The molecule has 1 spiro atoms. The summed E-state index contributed by atoms with van der Waals surface area (Å²) < 4.78 is 54.2. The van der Waals surface area contributed by atoms with Crippen LogP contribution in [0.5, 0.6) is 11.8 Å². The van der Waals surface area contributed by atoms with Gasteiger partial charge in [0.25, 0.3) is 0 Å². The van der Waals surface area contributed by atoms with Crippen LogP contribution in [0.15, 0.2) is 37.1 Å². The van der Waals surface area contributed by atoms with Crippen LogP contribution in [0, 0.1) is 12.3 Å². The maximum Gasteiger partial charge on any atom is 0.422 e. The van der Waals surface area contributed by atoms with Gasteiger partial charge in [0.1, 0.15) is 17.4 Å². The van der Waals surface area contributed by atoms with Gasteiger partial charge in [-0.3, -0.25) is 9.89 Å². The molecule has 8 rings (SSSR count). The van der Waals surface area contributed by atoms with Gasteiger partial charge in [-0.05, 0) is 87.5 Å². The normalized spacial score (nSPS) is 21.8. The first-order valence-corrected chi connectivity index (χ1v) is 17.4. The maximum absolute atomic E-state index is 14.0. The standard InChI is InChI=1S/C37H42F3N7O3/c1-5-29(48)47-18-36(19-47)10-12-46(13-11-36)34-26-16-25(22-7-8-22)31(30-21(2)6-9-28-27(30)17-41-44-28)33(49-20-37(38,39)40)32(26)42-35(43-34)50-24-14-23(15-24)45(3)4/h5-6,9,16-17,22-24H,1,7-8,10-15,18-20H2,2-4H3,(H,41,44). The Bertz CT molecular complexity index is 1970. The Hall–Kier alpha value is -4.39. The highest BCUT2D eigenvalue weighted by Crippen LogP contribution is 2.53. The van der Waals surface area contributed by atoms with E-state index in [1.165, 1.54) is 6.08 Å². The summed E-state index contributed by atoms with van der Waals surface area (Å²) in [7, 11) is 4.07. The molecule has 50 heavy (non-hydrogen) atoms. The SMILES string of the molecule is C=CC(=O)N1CC2(CCN(c3nc(OC4CC(N(C)C)C4)nc4c(OCC(F)(F)F)c(-c5c(C)ccc6[nH]ncc56)c(C5CC5)cc34)CC2)C1. The number of nitrogens with one attached hydrogen (secondary N) is 1. The molecule has 10 nitrogen and oxygen atoms in total. The third-order valence-electron chi connectivity index (χ3n) is 11.2. The molecule has 4 aromatic rings. The van der Waals surface area contributed by atoms with Crippen LogP contribution in [0.1, 0.15) is 55.6 Å². The van der Waals surface area contributed by atoms with Crippen molar-refractivity contribution in [3.05, 3.63) is 48.2 Å². The van der Waals surface area contributed by atoms with Crippen molar-refractivity contribution >= 4 is 33.5 Å². The van der Waals surface area contributed by atoms with E-state index in [-0.39, 0.29) is 35.1 Å². The quantitative estimate of drug-likeness (QED) is 0.202. The summed E-state index contributed by atoms with van der Waals surface area (Å²) in [5.41, 5.74) is 4.38. The molecule has 0 bridgehead atoms. The summed E-state index contributed by atoms with van der Waals surface area (Å²) in [6.45, 7) is 6.88. The van der Waals surface area contributed by atoms with E-state index in [2.05, 4.69) is 32.6 Å². The number of likely N-dealkylation sites (tertiary alicyclic amines) is 1. The molecule has 1 amide bonds. The highest BCUT2D eigenvalue weighted by molar-refractivity contribution is 6.06. The van der Waals surface area contributed by atoms with Crippen LogP contribution in [0.4, 0.5) is 19.0 Å². The molecule has 264 valence electrons. The lowest BCUT2D eigenvalue weighted by molar-refractivity contribution is -0.153. The fourth-order valence-electron chi connectivity index (χ4n) is 8.00. The largest absolute Gasteiger partial charge is 0.481 e. The van der Waals surface area contributed by atoms with E-state index < -0.39 is 12.8 Å². The average Bonchev–Trinajstić information content (AvgIpc) is 3.79. The zero-order valence-corrected chi connectivity index (χ0v) is 28.6. The molecule has 2 aromatic carbocycles. The summed E-state index contributed by atoms with van der Waals surface area (Å²) in [5, 5.41) is 8.75. The van der Waals surface area contributed by atoms with Gasteiger partial charge in [-0.2, -0.15) is 28.2 Å². The molecule has 2 aliphatic heterocycles. The Morgan fingerprint density at radius 2 is 1.86 bits per heavy atom. The number of rotatable bonds is 9. The highest BCUT2D eigenvalue weighted by atomic mass is 19.4. The van der Waals surface area contributed by atoms with Crippen LogP contribution in [-0.2, 0) is 4.79 Å². The van der Waals surface area contributed by atoms with E-state index >= 15 is 0 Å². The summed E-state index contributed by atoms with van der Waals surface area (Å²) in [5.74, 6) is 0.854. The number of fused-ring (bicyclic) bond motifs is 2. The number of hydrogen-bond donors (Lipinski definition) is 1. The van der Waals surface area contributed by atoms with Gasteiger partial charge >= 0.3 is 12.2 Å². The second-order valence-electron chi connectivity index (χ2n) is 14.9. The number of nitrogens with zero attached hydrogens (tertiary/aromatic N) is 6. The van der Waals surface area contributed by atoms with Crippen LogP contribution in [-0.4, -0.2) is 101 Å². The molecule has 2 aliphatic carbocycles. The Morgan fingerprint density at radius 3 is 2.52 bits per heavy atom. The number of anilines is 1. The lowest BCUT2D eigenvalue weighted by atomic mass is 9.72. The van der Waals surface area contributed by atoms with Gasteiger partial charge in [0.15, 0.2) is 12.4 Å². The number of aromatic amines is 1. The summed E-state index contributed by atoms with van der Waals surface area (Å²) in [6, 6.07) is 6.49. The second kappa shape index (κ2) is 12.1. The molecule has 1 N–H and O–H groups in total. The van der Waals surface area contributed by atoms with Crippen molar-refractivity contribution in [1.82, 2.24) is 30.0 Å². The van der Waals surface area contributed by atoms with Crippen LogP contribution < -0.4 is 14.4 Å². The van der Waals surface area contributed by atoms with E-state index in [9.17, 15) is 18.0 Å². The number of carbonyl (C=O) groups is 1. The van der Waals surface area contributed by atoms with Gasteiger partial charge in [0, 0.05) is 66.8 Å². The predicted octanol–water partition coefficient (Wildman–Crippen LogP) is 6.39. The number of ether oxygens (including phenoxy) is 2. The van der Waals surface area contributed by atoms with E-state index in [4.69, 9.17) is 19.4 Å². The van der Waals surface area contributed by atoms with E-state index in [0.717, 1.165) is 66.1 Å². The number of amides is 1. The fourth-order valence-corrected chi connectivity index (χ4v) is 8.00. The number of carbonyl (C=O) groups excluding carboxylic acids is 1. The van der Waals surface area contributed by atoms with Gasteiger partial charge < -0.3 is 24.2 Å². The fraction of sp³-hybridized carbons (Fsp3) is 0.514. The Kier molecular flexibility index (Phi) is 7.96. The first-order chi connectivity index (χ1) is 23.9. The lowest BCUT2D eigenvalue weighted by Gasteiger charge is -2.54. The van der Waals surface area contributed by atoms with Crippen molar-refractivity contribution in [2.75, 3.05) is 51.8 Å². The smallest absolute Gasteiger partial charge is 0.422 e. The first-order valence-electron chi connectivity index (χ1n) is 17.4. The molecule has 13 heteroatoms. The molecular weight excluding hydrogens is 647 g/mol. The Morgan fingerprint density at radius 1 is 1.12 bits per heavy atom. The minimum absolute atomic E-state index is 0.0403. The van der Waals surface area contributed by atoms with Gasteiger partial charge in [-0.25, -0.2) is 0 Å². The highest BCUT2D eigenvalue weighted by Gasteiger charge is 2.47. The van der Waals surface area contributed by atoms with Crippen molar-refractivity contribution in [1.29, 1.82) is 0 Å². The van der Waals surface area contributed by atoms with Crippen molar-refractivity contribution in [3.63, 3.8) is 0 Å². The zero-order valence-electron chi connectivity index (χ0n) is 28.6. The van der Waals surface area contributed by atoms with Crippen LogP contribution >= 0.6 is 0 Å². The number of alkyl halides is 3. The minimum Gasteiger partial charge on any atom is -0.481 e. The first kappa shape index (κ1) is 32.8. The third kappa shape index (κ3) is 5.92. The van der Waals surface area contributed by atoms with Crippen molar-refractivity contribution in [2.24, 2.45) is 5.41 Å². The lowest BCUT2D eigenvalue weighted by Crippen LogP contribution is -2.61. The predicted molar refractivity (Wildman–Crippen MR) is 185 cm³/mol. The maximum atomic E-state index is 14.0. The molecule has 4 aliphatic rings. The van der Waals surface area contributed by atoms with E-state index in [1.807, 2.05) is 38.1 Å². The Balaban J connectivity index is 1.28. The topological polar surface area (TPSA) is 99.7 Å². The minimum atomic E-state index is -4.57. The number of halogens is 3. The third-order valence-corrected chi connectivity index (χ3v) is 11.2. The van der Waals surface area contributed by atoms with Crippen molar-refractivity contribution in [3.8, 4) is 22.9 Å². The van der Waals surface area contributed by atoms with Gasteiger partial charge in [-0.1, -0.05) is 12.6 Å². The van der Waals surface area contributed by atoms with Crippen LogP contribution in [0.2, 0.25) is 0 Å². The Labute approximate surface area is 288 Å². The molecule has 4 heterocycles. The number of aryl methyl sites for hydroxylation is 1. The van der Waals surface area contributed by atoms with E-state index in [1.54, 1.807) is 6.20 Å². The number of hydrogen-bond acceptors (Lipinski definition) is 8. The molecule has 0 radical (unpaired) electrons. The molecule has 2 saturated carbocycles. The average molecular weight is 690 g/mol. The second-order valence-corrected chi connectivity index (χ2v) is 14.9. The van der Waals surface area contributed by atoms with Crippen LogP contribution in [0.25, 0.3) is 32.9 Å². The molecule has 0 unspecified atom stereocenters. The van der Waals surface area contributed by atoms with Crippen molar-refractivity contribution in [2.45, 2.75) is 69.7 Å². The summed E-state index contributed by atoms with van der Waals surface area (Å²) >= 11 is 0. The number of piperidine rings is 1. The zero-order chi connectivity index (χ0) is 34.9. The van der Waals surface area contributed by atoms with Gasteiger partial charge in [0.2, 0.25) is 5.91 Å². The number of H-pyrrole nitrogens is 1. The molecule has 4 fully saturated rings. The van der Waals surface area contributed by atoms with Crippen LogP contribution in [0.3, 0.4) is 0 Å². The number of aromatic nitrogens is 4.